The molecule has 0 spiro atoms. The molecule has 0 atom stereocenters. The Morgan fingerprint density at radius 3 is 2.56 bits per heavy atom. The summed E-state index contributed by atoms with van der Waals surface area (Å²) in [5.74, 6) is -1.64. The molecule has 0 radical (unpaired) electrons. The fraction of sp³-hybridized carbons (Fsp3) is 0. The number of hydrogen-bond donors (Lipinski definition) is 0. The Kier molecular flexibility index (Phi) is 5.16. The minimum absolute atomic E-state index is 0.0156. The molecule has 1 aromatic heterocycles. The van der Waals surface area contributed by atoms with E-state index in [4.69, 9.17) is 16.0 Å². The van der Waals surface area contributed by atoms with Crippen molar-refractivity contribution in [2.24, 2.45) is 0 Å². The lowest BCUT2D eigenvalue weighted by Crippen LogP contribution is -2.23. The van der Waals surface area contributed by atoms with Gasteiger partial charge in [0.05, 0.1) is 5.97 Å². The lowest BCUT2D eigenvalue weighted by atomic mass is 10.2. The Morgan fingerprint density at radius 2 is 1.88 bits per heavy atom. The molecule has 0 aliphatic heterocycles. The average molecular weight is 376 g/mol. The third kappa shape index (κ3) is 4.26. The summed E-state index contributed by atoms with van der Waals surface area (Å²) in [6.07, 6.45) is 1.37. The Hall–Kier alpha value is -2.64. The number of nitrogens with zero attached hydrogens (tertiary/aromatic N) is 2. The van der Waals surface area contributed by atoms with Crippen molar-refractivity contribution >= 4 is 35.4 Å². The fourth-order valence-electron chi connectivity index (χ4n) is 1.92. The van der Waals surface area contributed by atoms with E-state index in [1.54, 1.807) is 24.3 Å². The first-order valence-electron chi connectivity index (χ1n) is 6.98. The normalized spacial score (nSPS) is 11.5. The van der Waals surface area contributed by atoms with Crippen LogP contribution in [0.2, 0.25) is 5.02 Å². The zero-order chi connectivity index (χ0) is 17.8. The van der Waals surface area contributed by atoms with E-state index in [9.17, 15) is 14.3 Å². The largest absolute Gasteiger partial charge is 0.544 e. The molecule has 25 heavy (non-hydrogen) atoms. The number of aliphatic carboxylic acids is 1. The number of benzene rings is 2. The Balaban J connectivity index is 1.85. The molecule has 8 heteroatoms. The number of carboxylic acids is 1. The highest BCUT2D eigenvalue weighted by Gasteiger charge is 2.13. The maximum Gasteiger partial charge on any atom is 0.281 e. The first-order chi connectivity index (χ1) is 12.0. The Bertz CT molecular complexity index is 941. The van der Waals surface area contributed by atoms with Crippen LogP contribution in [0, 0.1) is 5.82 Å². The number of carbonyl (C=O) groups is 1. The topological polar surface area (TPSA) is 79.0 Å². The number of carboxylic acid groups (broad SMARTS) is 1. The zero-order valence-electron chi connectivity index (χ0n) is 12.5. The molecule has 0 unspecified atom stereocenters. The van der Waals surface area contributed by atoms with E-state index in [0.717, 1.165) is 11.8 Å². The van der Waals surface area contributed by atoms with Crippen LogP contribution >= 0.6 is 23.4 Å². The number of halogens is 2. The van der Waals surface area contributed by atoms with Gasteiger partial charge in [-0.2, -0.15) is 0 Å². The summed E-state index contributed by atoms with van der Waals surface area (Å²) in [7, 11) is 0. The minimum atomic E-state index is -1.40. The van der Waals surface area contributed by atoms with Crippen molar-refractivity contribution < 1.29 is 18.7 Å². The van der Waals surface area contributed by atoms with Gasteiger partial charge in [0, 0.05) is 15.5 Å². The summed E-state index contributed by atoms with van der Waals surface area (Å²) in [5.41, 5.74) is 1.04. The molecule has 0 saturated heterocycles. The molecule has 0 aliphatic carbocycles. The summed E-state index contributed by atoms with van der Waals surface area (Å²) < 4.78 is 18.4. The van der Waals surface area contributed by atoms with Gasteiger partial charge in [0.25, 0.3) is 5.22 Å². The van der Waals surface area contributed by atoms with Crippen LogP contribution in [0.25, 0.3) is 17.5 Å². The molecule has 0 aliphatic rings. The molecule has 0 N–H and O–H groups in total. The van der Waals surface area contributed by atoms with Crippen LogP contribution in [0.15, 0.2) is 63.1 Å². The molecular weight excluding hydrogens is 367 g/mol. The van der Waals surface area contributed by atoms with Crippen molar-refractivity contribution in [3.05, 3.63) is 69.8 Å². The van der Waals surface area contributed by atoms with Crippen molar-refractivity contribution in [2.75, 3.05) is 0 Å². The molecule has 126 valence electrons. The number of hydrogen-bond acceptors (Lipinski definition) is 6. The summed E-state index contributed by atoms with van der Waals surface area (Å²) in [4.78, 5) is 11.2. The van der Waals surface area contributed by atoms with Gasteiger partial charge in [-0.3, -0.25) is 0 Å². The second kappa shape index (κ2) is 7.50. The predicted molar refractivity (Wildman–Crippen MR) is 90.0 cm³/mol. The van der Waals surface area contributed by atoms with Gasteiger partial charge in [0.2, 0.25) is 5.89 Å². The summed E-state index contributed by atoms with van der Waals surface area (Å²) in [5, 5.41) is 19.4. The van der Waals surface area contributed by atoms with Crippen molar-refractivity contribution in [1.29, 1.82) is 0 Å². The van der Waals surface area contributed by atoms with Crippen molar-refractivity contribution in [3.63, 3.8) is 0 Å². The highest BCUT2D eigenvalue weighted by molar-refractivity contribution is 8.03. The van der Waals surface area contributed by atoms with Crippen LogP contribution in [0.4, 0.5) is 4.39 Å². The maximum absolute atomic E-state index is 12.9. The first-order valence-corrected chi connectivity index (χ1v) is 8.17. The van der Waals surface area contributed by atoms with E-state index in [-0.39, 0.29) is 21.8 Å². The Morgan fingerprint density at radius 1 is 1.16 bits per heavy atom. The average Bonchev–Trinajstić information content (AvgIpc) is 3.05. The smallest absolute Gasteiger partial charge is 0.281 e. The van der Waals surface area contributed by atoms with Crippen molar-refractivity contribution in [2.45, 2.75) is 5.22 Å². The molecular formula is C17H9ClFN2O3S-. The second-order valence-corrected chi connectivity index (χ2v) is 6.20. The quantitative estimate of drug-likeness (QED) is 0.502. The lowest BCUT2D eigenvalue weighted by Gasteiger charge is -2.06. The fourth-order valence-corrected chi connectivity index (χ4v) is 2.77. The zero-order valence-corrected chi connectivity index (χ0v) is 14.1. The van der Waals surface area contributed by atoms with E-state index in [1.165, 1.54) is 30.3 Å². The van der Waals surface area contributed by atoms with Gasteiger partial charge in [-0.15, -0.1) is 10.2 Å². The predicted octanol–water partition coefficient (Wildman–Crippen LogP) is 3.41. The summed E-state index contributed by atoms with van der Waals surface area (Å²) in [6.45, 7) is 0. The highest BCUT2D eigenvalue weighted by atomic mass is 35.5. The Labute approximate surface area is 151 Å². The molecule has 3 aromatic rings. The van der Waals surface area contributed by atoms with Gasteiger partial charge in [-0.05, 0) is 53.7 Å². The molecule has 0 bridgehead atoms. The maximum atomic E-state index is 12.9. The van der Waals surface area contributed by atoms with Crippen LogP contribution < -0.4 is 5.11 Å². The molecule has 5 nitrogen and oxygen atoms in total. The molecule has 3 rings (SSSR count). The van der Waals surface area contributed by atoms with Gasteiger partial charge < -0.3 is 14.3 Å². The number of aromatic nitrogens is 2. The second-order valence-electron chi connectivity index (χ2n) is 4.80. The lowest BCUT2D eigenvalue weighted by molar-refractivity contribution is -0.298. The minimum Gasteiger partial charge on any atom is -0.544 e. The third-order valence-corrected chi connectivity index (χ3v) is 4.28. The number of carbonyl (C=O) groups excluding carboxylic acids is 1. The van der Waals surface area contributed by atoms with Gasteiger partial charge in [0.1, 0.15) is 5.82 Å². The van der Waals surface area contributed by atoms with Gasteiger partial charge in [0.15, 0.2) is 0 Å². The first kappa shape index (κ1) is 17.2. The van der Waals surface area contributed by atoms with Gasteiger partial charge in [-0.1, -0.05) is 29.8 Å². The van der Waals surface area contributed by atoms with Crippen LogP contribution in [0.3, 0.4) is 0 Å². The van der Waals surface area contributed by atoms with Gasteiger partial charge >= 0.3 is 0 Å². The van der Waals surface area contributed by atoms with E-state index >= 15 is 0 Å². The molecule has 0 saturated carbocycles. The number of rotatable bonds is 5. The molecule has 1 heterocycles. The third-order valence-electron chi connectivity index (χ3n) is 3.09. The van der Waals surface area contributed by atoms with Crippen LogP contribution in [0.5, 0.6) is 0 Å². The van der Waals surface area contributed by atoms with Crippen LogP contribution in [0.1, 0.15) is 5.56 Å². The molecule has 0 fully saturated rings. The van der Waals surface area contributed by atoms with Gasteiger partial charge in [-0.25, -0.2) is 4.39 Å². The van der Waals surface area contributed by atoms with Crippen LogP contribution in [-0.4, -0.2) is 16.2 Å². The van der Waals surface area contributed by atoms with Crippen molar-refractivity contribution in [1.82, 2.24) is 10.2 Å². The van der Waals surface area contributed by atoms with E-state index in [0.29, 0.717) is 16.1 Å². The highest BCUT2D eigenvalue weighted by Crippen LogP contribution is 2.30. The van der Waals surface area contributed by atoms with E-state index in [1.807, 2.05) is 0 Å². The van der Waals surface area contributed by atoms with Crippen molar-refractivity contribution in [3.8, 4) is 11.5 Å². The standard InChI is InChI=1S/C17H10ClFN2O3S/c18-13-4-2-1-3-11(13)9-14(16(22)23)25-17-21-20-15(24-17)10-5-7-12(19)8-6-10/h1-9H,(H,22,23)/p-1/b14-9+. The van der Waals surface area contributed by atoms with Crippen LogP contribution in [-0.2, 0) is 4.79 Å². The van der Waals surface area contributed by atoms with E-state index < -0.39 is 5.97 Å². The number of thioether (sulfide) groups is 1. The summed E-state index contributed by atoms with van der Waals surface area (Å²) in [6, 6.07) is 12.3. The summed E-state index contributed by atoms with van der Waals surface area (Å²) >= 11 is 6.77. The molecule has 0 amide bonds. The monoisotopic (exact) mass is 375 g/mol. The molecule has 2 aromatic carbocycles. The van der Waals surface area contributed by atoms with E-state index in [2.05, 4.69) is 10.2 Å². The SMILES string of the molecule is O=C([O-])/C(=C\c1ccccc1Cl)Sc1nnc(-c2ccc(F)cc2)o1.